The zero-order valence-electron chi connectivity index (χ0n) is 12.9. The van der Waals surface area contributed by atoms with Gasteiger partial charge in [-0.3, -0.25) is 4.79 Å². The first-order valence-electron chi connectivity index (χ1n) is 7.58. The van der Waals surface area contributed by atoms with Gasteiger partial charge in [0, 0.05) is 17.4 Å². The molecule has 1 amide bonds. The Hall–Kier alpha value is -3.54. The van der Waals surface area contributed by atoms with Gasteiger partial charge in [0.05, 0.1) is 5.56 Å². The number of amides is 1. The number of nitrogens with one attached hydrogen (secondary N) is 1. The summed E-state index contributed by atoms with van der Waals surface area (Å²) < 4.78 is 19.3. The van der Waals surface area contributed by atoms with E-state index in [4.69, 9.17) is 4.42 Å². The van der Waals surface area contributed by atoms with Crippen LogP contribution in [-0.2, 0) is 0 Å². The van der Waals surface area contributed by atoms with Crippen molar-refractivity contribution >= 4 is 22.8 Å². The summed E-state index contributed by atoms with van der Waals surface area (Å²) in [6.07, 6.45) is 1.65. The maximum absolute atomic E-state index is 13.6. The highest BCUT2D eigenvalue weighted by molar-refractivity contribution is 6.04. The van der Waals surface area contributed by atoms with Crippen molar-refractivity contribution in [2.45, 2.75) is 0 Å². The van der Waals surface area contributed by atoms with Crippen LogP contribution in [0.3, 0.4) is 0 Å². The van der Waals surface area contributed by atoms with Gasteiger partial charge < -0.3 is 9.73 Å². The van der Waals surface area contributed by atoms with E-state index >= 15 is 0 Å². The Morgan fingerprint density at radius 2 is 1.80 bits per heavy atom. The molecule has 0 bridgehead atoms. The molecular formula is C19H12FN3O2. The summed E-state index contributed by atoms with van der Waals surface area (Å²) in [5.74, 6) is -0.617. The Balaban J connectivity index is 1.56. The van der Waals surface area contributed by atoms with Crippen molar-refractivity contribution in [1.82, 2.24) is 9.97 Å². The van der Waals surface area contributed by atoms with Gasteiger partial charge in [-0.25, -0.2) is 9.37 Å². The second kappa shape index (κ2) is 6.16. The number of anilines is 1. The summed E-state index contributed by atoms with van der Waals surface area (Å²) in [5, 5.41) is 2.66. The number of fused-ring (bicyclic) bond motifs is 1. The van der Waals surface area contributed by atoms with Gasteiger partial charge in [0.1, 0.15) is 5.82 Å². The standard InChI is InChI=1S/C19H12FN3O2/c20-15-5-2-1-4-14(15)18(24)22-13-9-7-12(8-10-13)19-23-17-16(25-19)6-3-11-21-17/h1-11H,(H,22,24). The molecule has 0 aliphatic carbocycles. The highest BCUT2D eigenvalue weighted by Crippen LogP contribution is 2.24. The molecule has 0 saturated carbocycles. The molecule has 6 heteroatoms. The molecule has 0 radical (unpaired) electrons. The summed E-state index contributed by atoms with van der Waals surface area (Å²) in [7, 11) is 0. The second-order valence-corrected chi connectivity index (χ2v) is 5.36. The molecule has 4 rings (SSSR count). The smallest absolute Gasteiger partial charge is 0.258 e. The van der Waals surface area contributed by atoms with Crippen LogP contribution in [-0.4, -0.2) is 15.9 Å². The van der Waals surface area contributed by atoms with Gasteiger partial charge >= 0.3 is 0 Å². The van der Waals surface area contributed by atoms with Crippen molar-refractivity contribution in [1.29, 1.82) is 0 Å². The Morgan fingerprint density at radius 3 is 2.56 bits per heavy atom. The largest absolute Gasteiger partial charge is 0.434 e. The second-order valence-electron chi connectivity index (χ2n) is 5.36. The quantitative estimate of drug-likeness (QED) is 0.607. The number of carbonyl (C=O) groups excluding carboxylic acids is 1. The molecule has 4 aromatic rings. The summed E-state index contributed by atoms with van der Waals surface area (Å²) in [4.78, 5) is 20.6. The van der Waals surface area contributed by atoms with Crippen LogP contribution in [0.25, 0.3) is 22.7 Å². The number of carbonyl (C=O) groups is 1. The van der Waals surface area contributed by atoms with E-state index in [9.17, 15) is 9.18 Å². The number of nitrogens with zero attached hydrogens (tertiary/aromatic N) is 2. The van der Waals surface area contributed by atoms with Gasteiger partial charge in [0.15, 0.2) is 11.2 Å². The minimum Gasteiger partial charge on any atom is -0.434 e. The predicted molar refractivity (Wildman–Crippen MR) is 91.6 cm³/mol. The normalized spacial score (nSPS) is 10.8. The molecule has 0 spiro atoms. The fourth-order valence-corrected chi connectivity index (χ4v) is 2.43. The molecule has 0 saturated heterocycles. The fourth-order valence-electron chi connectivity index (χ4n) is 2.43. The highest BCUT2D eigenvalue weighted by atomic mass is 19.1. The average Bonchev–Trinajstić information content (AvgIpc) is 3.07. The number of halogens is 1. The molecule has 2 aromatic heterocycles. The summed E-state index contributed by atoms with van der Waals surface area (Å²) in [5.41, 5.74) is 2.44. The molecular weight excluding hydrogens is 321 g/mol. The van der Waals surface area contributed by atoms with Crippen LogP contribution in [0.4, 0.5) is 10.1 Å². The molecule has 5 nitrogen and oxygen atoms in total. The number of pyridine rings is 1. The first kappa shape index (κ1) is 15.0. The lowest BCUT2D eigenvalue weighted by molar-refractivity contribution is 0.102. The van der Waals surface area contributed by atoms with Crippen LogP contribution in [0.15, 0.2) is 71.3 Å². The Labute approximate surface area is 142 Å². The van der Waals surface area contributed by atoms with Crippen LogP contribution in [0, 0.1) is 5.82 Å². The van der Waals surface area contributed by atoms with Gasteiger partial charge in [-0.1, -0.05) is 12.1 Å². The minimum atomic E-state index is -0.560. The summed E-state index contributed by atoms with van der Waals surface area (Å²) in [6, 6.07) is 16.3. The molecule has 0 unspecified atom stereocenters. The third kappa shape index (κ3) is 2.97. The van der Waals surface area contributed by atoms with E-state index in [-0.39, 0.29) is 5.56 Å². The van der Waals surface area contributed by atoms with Gasteiger partial charge in [-0.15, -0.1) is 0 Å². The third-order valence-electron chi connectivity index (χ3n) is 3.67. The van der Waals surface area contributed by atoms with E-state index < -0.39 is 11.7 Å². The van der Waals surface area contributed by atoms with Crippen molar-refractivity contribution in [3.63, 3.8) is 0 Å². The van der Waals surface area contributed by atoms with Crippen molar-refractivity contribution in [2.24, 2.45) is 0 Å². The van der Waals surface area contributed by atoms with Gasteiger partial charge in [-0.05, 0) is 48.5 Å². The van der Waals surface area contributed by atoms with Crippen molar-refractivity contribution in [3.8, 4) is 11.5 Å². The van der Waals surface area contributed by atoms with Gasteiger partial charge in [0.25, 0.3) is 5.91 Å². The number of oxazole rings is 1. The molecule has 1 N–H and O–H groups in total. The van der Waals surface area contributed by atoms with E-state index in [2.05, 4.69) is 15.3 Å². The van der Waals surface area contributed by atoms with E-state index in [1.165, 1.54) is 18.2 Å². The molecule has 2 heterocycles. The first-order chi connectivity index (χ1) is 12.2. The number of rotatable bonds is 3. The van der Waals surface area contributed by atoms with E-state index in [0.717, 1.165) is 5.56 Å². The van der Waals surface area contributed by atoms with Gasteiger partial charge in [0.2, 0.25) is 5.89 Å². The van der Waals surface area contributed by atoms with Crippen molar-refractivity contribution in [3.05, 3.63) is 78.2 Å². The molecule has 2 aromatic carbocycles. The molecule has 25 heavy (non-hydrogen) atoms. The Kier molecular flexibility index (Phi) is 3.70. The average molecular weight is 333 g/mol. The Bertz CT molecular complexity index is 1020. The van der Waals surface area contributed by atoms with Crippen LogP contribution in [0.5, 0.6) is 0 Å². The van der Waals surface area contributed by atoms with Crippen LogP contribution in [0.1, 0.15) is 10.4 Å². The molecule has 0 atom stereocenters. The van der Waals surface area contributed by atoms with Crippen LogP contribution >= 0.6 is 0 Å². The van der Waals surface area contributed by atoms with E-state index in [0.29, 0.717) is 22.8 Å². The SMILES string of the molecule is O=C(Nc1ccc(-c2nc3ncccc3o2)cc1)c1ccccc1F. The van der Waals surface area contributed by atoms with E-state index in [1.807, 2.05) is 0 Å². The van der Waals surface area contributed by atoms with Crippen molar-refractivity contribution in [2.75, 3.05) is 5.32 Å². The topological polar surface area (TPSA) is 68.0 Å². The fraction of sp³-hybridized carbons (Fsp3) is 0. The zero-order valence-corrected chi connectivity index (χ0v) is 12.9. The molecule has 122 valence electrons. The lowest BCUT2D eigenvalue weighted by Gasteiger charge is -2.06. The van der Waals surface area contributed by atoms with Crippen LogP contribution in [0.2, 0.25) is 0 Å². The number of aromatic nitrogens is 2. The lowest BCUT2D eigenvalue weighted by Crippen LogP contribution is -2.13. The maximum atomic E-state index is 13.6. The molecule has 0 fully saturated rings. The van der Waals surface area contributed by atoms with Crippen molar-refractivity contribution < 1.29 is 13.6 Å². The monoisotopic (exact) mass is 333 g/mol. The van der Waals surface area contributed by atoms with E-state index in [1.54, 1.807) is 48.7 Å². The maximum Gasteiger partial charge on any atom is 0.258 e. The predicted octanol–water partition coefficient (Wildman–Crippen LogP) is 4.28. The van der Waals surface area contributed by atoms with Gasteiger partial charge in [-0.2, -0.15) is 4.98 Å². The lowest BCUT2D eigenvalue weighted by atomic mass is 10.1. The molecule has 0 aliphatic heterocycles. The number of benzene rings is 2. The highest BCUT2D eigenvalue weighted by Gasteiger charge is 2.12. The van der Waals surface area contributed by atoms with Crippen LogP contribution < -0.4 is 5.32 Å². The Morgan fingerprint density at radius 1 is 1.00 bits per heavy atom. The summed E-state index contributed by atoms with van der Waals surface area (Å²) in [6.45, 7) is 0. The third-order valence-corrected chi connectivity index (χ3v) is 3.67. The first-order valence-corrected chi connectivity index (χ1v) is 7.58. The molecule has 0 aliphatic rings. The number of hydrogen-bond donors (Lipinski definition) is 1. The zero-order chi connectivity index (χ0) is 17.2. The summed E-state index contributed by atoms with van der Waals surface area (Å²) >= 11 is 0. The minimum absolute atomic E-state index is 0.00315. The number of hydrogen-bond acceptors (Lipinski definition) is 4.